The van der Waals surface area contributed by atoms with E-state index < -0.39 is 45.2 Å². The fraction of sp³-hybridized carbons (Fsp3) is 0.450. The molecule has 3 rings (SSSR count). The van der Waals surface area contributed by atoms with Crippen molar-refractivity contribution < 1.29 is 40.2 Å². The van der Waals surface area contributed by atoms with Crippen molar-refractivity contribution in [2.24, 2.45) is 0 Å². The number of amides is 1. The molecule has 0 aromatic heterocycles. The summed E-state index contributed by atoms with van der Waals surface area (Å²) in [6.07, 6.45) is -0.427. The largest absolute Gasteiger partial charge is 0.572 e. The maximum atomic E-state index is 14.4. The van der Waals surface area contributed by atoms with Crippen LogP contribution < -0.4 is 9.46 Å². The number of benzene rings is 1. The Morgan fingerprint density at radius 2 is 1.97 bits per heavy atom. The van der Waals surface area contributed by atoms with Crippen molar-refractivity contribution in [1.82, 2.24) is 9.62 Å². The number of allylic oxidation sites excluding steroid dienone is 4. The van der Waals surface area contributed by atoms with E-state index in [1.807, 2.05) is 4.90 Å². The molecule has 2 atom stereocenters. The third-order valence-electron chi connectivity index (χ3n) is 4.99. The first-order valence-corrected chi connectivity index (χ1v) is 12.7. The van der Waals surface area contributed by atoms with Crippen LogP contribution in [0.15, 0.2) is 35.7 Å². The summed E-state index contributed by atoms with van der Waals surface area (Å²) < 4.78 is 85.7. The van der Waals surface area contributed by atoms with Gasteiger partial charge in [0.1, 0.15) is 23.4 Å². The van der Waals surface area contributed by atoms with Gasteiger partial charge in [0.15, 0.2) is 0 Å². The van der Waals surface area contributed by atoms with E-state index in [0.29, 0.717) is 31.6 Å². The number of likely N-dealkylation sites (tertiary alicyclic amines) is 1. The molecule has 0 radical (unpaired) electrons. The minimum atomic E-state index is -4.83. The Morgan fingerprint density at radius 3 is 2.59 bits per heavy atom. The van der Waals surface area contributed by atoms with E-state index in [-0.39, 0.29) is 23.0 Å². The topological polar surface area (TPSA) is 84.9 Å². The van der Waals surface area contributed by atoms with Crippen molar-refractivity contribution in [2.75, 3.05) is 19.3 Å². The molecule has 1 aromatic carbocycles. The molecule has 0 bridgehead atoms. The van der Waals surface area contributed by atoms with E-state index in [4.69, 9.17) is 27.9 Å². The summed E-state index contributed by atoms with van der Waals surface area (Å²) in [6.45, 7) is 0.957. The van der Waals surface area contributed by atoms with Gasteiger partial charge in [-0.3, -0.25) is 4.79 Å². The zero-order valence-electron chi connectivity index (χ0n) is 17.7. The molecule has 1 amide bonds. The number of halogens is 6. The predicted octanol–water partition coefficient (Wildman–Crippen LogP) is 4.33. The van der Waals surface area contributed by atoms with Gasteiger partial charge in [0.2, 0.25) is 10.0 Å². The van der Waals surface area contributed by atoms with E-state index in [0.717, 1.165) is 18.4 Å². The molecular formula is C20H20Cl2F4N2O5S. The predicted molar refractivity (Wildman–Crippen MR) is 117 cm³/mol. The number of nitrogens with zero attached hydrogens (tertiary/aromatic N) is 1. The van der Waals surface area contributed by atoms with Crippen molar-refractivity contribution in [2.45, 2.75) is 37.1 Å². The van der Waals surface area contributed by atoms with Crippen LogP contribution in [-0.4, -0.2) is 56.4 Å². The summed E-state index contributed by atoms with van der Waals surface area (Å²) in [5.41, 5.74) is 0.144. The number of ether oxygens (including phenoxy) is 2. The van der Waals surface area contributed by atoms with Crippen LogP contribution in [0.4, 0.5) is 17.6 Å². The number of hydrogen-bond donors (Lipinski definition) is 1. The number of carbonyl (C=O) groups is 1. The fourth-order valence-corrected chi connectivity index (χ4v) is 4.52. The number of piperidine rings is 1. The van der Waals surface area contributed by atoms with Gasteiger partial charge in [0, 0.05) is 24.7 Å². The van der Waals surface area contributed by atoms with Gasteiger partial charge in [-0.15, -0.1) is 24.8 Å². The van der Waals surface area contributed by atoms with Gasteiger partial charge in [-0.1, -0.05) is 11.6 Å². The molecule has 1 aliphatic heterocycles. The minimum Gasteiger partial charge on any atom is -0.487 e. The molecule has 7 nitrogen and oxygen atoms in total. The Kier molecular flexibility index (Phi) is 7.93. The van der Waals surface area contributed by atoms with Crippen molar-refractivity contribution >= 4 is 39.1 Å². The van der Waals surface area contributed by atoms with Gasteiger partial charge < -0.3 is 14.4 Å². The average Bonchev–Trinajstić information content (AvgIpc) is 2.70. The van der Waals surface area contributed by atoms with Crippen molar-refractivity contribution in [3.05, 3.63) is 52.1 Å². The van der Waals surface area contributed by atoms with Crippen molar-refractivity contribution in [3.8, 4) is 5.75 Å². The highest BCUT2D eigenvalue weighted by molar-refractivity contribution is 7.89. The van der Waals surface area contributed by atoms with Crippen molar-refractivity contribution in [1.29, 1.82) is 0 Å². The number of rotatable bonds is 6. The van der Waals surface area contributed by atoms with E-state index in [1.54, 1.807) is 4.72 Å². The molecule has 1 N–H and O–H groups in total. The van der Waals surface area contributed by atoms with Crippen LogP contribution in [0.3, 0.4) is 0 Å². The second kappa shape index (κ2) is 10.2. The molecule has 1 unspecified atom stereocenters. The summed E-state index contributed by atoms with van der Waals surface area (Å²) in [4.78, 5) is 13.9. The highest BCUT2D eigenvalue weighted by Gasteiger charge is 2.36. The molecule has 34 heavy (non-hydrogen) atoms. The zero-order valence-corrected chi connectivity index (χ0v) is 20.0. The van der Waals surface area contributed by atoms with Crippen LogP contribution in [0.1, 0.15) is 29.6 Å². The molecular weight excluding hydrogens is 527 g/mol. The van der Waals surface area contributed by atoms with Gasteiger partial charge in [-0.05, 0) is 31.1 Å². The van der Waals surface area contributed by atoms with Crippen molar-refractivity contribution in [3.63, 3.8) is 0 Å². The van der Waals surface area contributed by atoms with Gasteiger partial charge in [-0.25, -0.2) is 17.5 Å². The Labute approximate surface area is 203 Å². The first kappa shape index (κ1) is 26.4. The lowest BCUT2D eigenvalue weighted by Gasteiger charge is -2.37. The van der Waals surface area contributed by atoms with Crippen LogP contribution in [0, 0.1) is 5.82 Å². The summed E-state index contributed by atoms with van der Waals surface area (Å²) in [6, 6.07) is 1.87. The van der Waals surface area contributed by atoms with Crippen LogP contribution in [0.2, 0.25) is 5.02 Å². The fourth-order valence-electron chi connectivity index (χ4n) is 3.59. The Balaban J connectivity index is 1.70. The Bertz CT molecular complexity index is 1120. The van der Waals surface area contributed by atoms with Gasteiger partial charge >= 0.3 is 6.36 Å². The number of nitrogens with one attached hydrogen (secondary N) is 1. The molecule has 0 saturated carbocycles. The maximum Gasteiger partial charge on any atom is 0.572 e. The highest BCUT2D eigenvalue weighted by atomic mass is 35.5. The Morgan fingerprint density at radius 1 is 1.26 bits per heavy atom. The summed E-state index contributed by atoms with van der Waals surface area (Å²) >= 11 is 12.2. The number of carbonyl (C=O) groups excluding carboxylic acids is 1. The van der Waals surface area contributed by atoms with Crippen LogP contribution in [-0.2, 0) is 14.8 Å². The molecule has 2 aliphatic rings. The quantitative estimate of drug-likeness (QED) is 0.422. The lowest BCUT2D eigenvalue weighted by Crippen LogP contribution is -2.41. The highest BCUT2D eigenvalue weighted by Crippen LogP contribution is 2.34. The molecule has 1 aliphatic carbocycles. The summed E-state index contributed by atoms with van der Waals surface area (Å²) in [5, 5.41) is -1.08. The molecule has 1 fully saturated rings. The number of sulfonamides is 1. The van der Waals surface area contributed by atoms with E-state index in [9.17, 15) is 30.8 Å². The van der Waals surface area contributed by atoms with E-state index >= 15 is 0 Å². The first-order valence-electron chi connectivity index (χ1n) is 9.95. The third kappa shape index (κ3) is 7.16. The van der Waals surface area contributed by atoms with Gasteiger partial charge in [-0.2, -0.15) is 0 Å². The number of hydrogen-bond acceptors (Lipinski definition) is 6. The van der Waals surface area contributed by atoms with Crippen LogP contribution in [0.5, 0.6) is 5.75 Å². The molecule has 0 spiro atoms. The first-order chi connectivity index (χ1) is 15.7. The van der Waals surface area contributed by atoms with Gasteiger partial charge in [0.05, 0.1) is 28.8 Å². The maximum absolute atomic E-state index is 14.4. The molecule has 1 saturated heterocycles. The van der Waals surface area contributed by atoms with Gasteiger partial charge in [0.25, 0.3) is 5.91 Å². The zero-order chi connectivity index (χ0) is 25.3. The monoisotopic (exact) mass is 546 g/mol. The summed E-state index contributed by atoms with van der Waals surface area (Å²) in [7, 11) is -3.90. The Hall–Kier alpha value is -2.18. The standard InChI is InChI=1S/C20H20Cl2F4N2O5S/c1-34(30,31)27-19(29)13-8-15(22)18(9-16(13)23)32-12-3-2-6-28(10-12)11-4-5-17(14(21)7-11)33-20(24,25)26/h4-5,8-9,12,14H,2-3,6-7,10H2,1H3,(H,27,29)/t12-,14?/m1/s1. The molecule has 188 valence electrons. The molecule has 1 aromatic rings. The smallest absolute Gasteiger partial charge is 0.487 e. The molecule has 14 heteroatoms. The van der Waals surface area contributed by atoms with Crippen LogP contribution in [0.25, 0.3) is 0 Å². The molecule has 1 heterocycles. The lowest BCUT2D eigenvalue weighted by atomic mass is 10.0. The minimum absolute atomic E-state index is 0.0319. The average molecular weight is 547 g/mol. The van der Waals surface area contributed by atoms with Crippen LogP contribution >= 0.6 is 23.2 Å². The lowest BCUT2D eigenvalue weighted by molar-refractivity contribution is -0.306. The number of alkyl halides is 4. The second-order valence-electron chi connectivity index (χ2n) is 7.74. The third-order valence-corrected chi connectivity index (χ3v) is 6.21. The van der Waals surface area contributed by atoms with E-state index in [2.05, 4.69) is 4.74 Å². The van der Waals surface area contributed by atoms with E-state index in [1.165, 1.54) is 12.2 Å². The SMILES string of the molecule is CS(=O)(=O)NC(=O)c1cc(Cl)c(O[C@@H]2CCCN(C3=CC=C(OC(F)(F)F)C(Cl)C3)C2)cc1F. The normalized spacial score (nSPS) is 21.4. The second-order valence-corrected chi connectivity index (χ2v) is 10.4. The summed E-state index contributed by atoms with van der Waals surface area (Å²) in [5.74, 6) is -2.60.